The molecular formula is C76H80N2. The third-order valence-corrected chi connectivity index (χ3v) is 16.0. The fourth-order valence-corrected chi connectivity index (χ4v) is 11.8. The van der Waals surface area contributed by atoms with E-state index in [2.05, 4.69) is 258 Å². The summed E-state index contributed by atoms with van der Waals surface area (Å²) >= 11 is 0. The van der Waals surface area contributed by atoms with Crippen molar-refractivity contribution >= 4 is 55.7 Å². The quantitative estimate of drug-likeness (QED) is 0.0589. The molecule has 0 aliphatic heterocycles. The lowest BCUT2D eigenvalue weighted by atomic mass is 9.87. The average Bonchev–Trinajstić information content (AvgIpc) is 3.52. The monoisotopic (exact) mass is 1020 g/mol. The van der Waals surface area contributed by atoms with E-state index in [1.165, 1.54) is 188 Å². The van der Waals surface area contributed by atoms with Gasteiger partial charge in [-0.15, -0.1) is 0 Å². The molecule has 0 saturated carbocycles. The number of nitrogens with zero attached hydrogens (tertiary/aromatic N) is 2. The number of fused-ring (bicyclic) bond motifs is 2. The lowest BCUT2D eigenvalue weighted by molar-refractivity contribution is 0.607. The Morgan fingerprint density at radius 2 is 0.731 bits per heavy atom. The molecule has 0 aliphatic rings. The summed E-state index contributed by atoms with van der Waals surface area (Å²) in [5.41, 5.74) is 22.3. The van der Waals surface area contributed by atoms with Gasteiger partial charge in [-0.1, -0.05) is 199 Å². The fourth-order valence-electron chi connectivity index (χ4n) is 11.8. The number of anilines is 6. The predicted molar refractivity (Wildman–Crippen MR) is 340 cm³/mol. The van der Waals surface area contributed by atoms with Crippen LogP contribution < -0.4 is 9.80 Å². The highest BCUT2D eigenvalue weighted by Crippen LogP contribution is 2.43. The van der Waals surface area contributed by atoms with Crippen LogP contribution in [0.2, 0.25) is 0 Å². The van der Waals surface area contributed by atoms with Crippen molar-refractivity contribution in [1.82, 2.24) is 0 Å². The van der Waals surface area contributed by atoms with Crippen LogP contribution in [0.1, 0.15) is 124 Å². The van der Waals surface area contributed by atoms with Crippen LogP contribution in [0.3, 0.4) is 0 Å². The molecule has 2 nitrogen and oxygen atoms in total. The highest BCUT2D eigenvalue weighted by Gasteiger charge is 2.19. The van der Waals surface area contributed by atoms with E-state index in [4.69, 9.17) is 0 Å². The molecule has 0 radical (unpaired) electrons. The number of unbranched alkanes of at least 4 members (excludes halogenated alkanes) is 10. The zero-order valence-corrected chi connectivity index (χ0v) is 47.4. The third-order valence-electron chi connectivity index (χ3n) is 16.0. The van der Waals surface area contributed by atoms with E-state index in [1.807, 2.05) is 0 Å². The minimum Gasteiger partial charge on any atom is -0.310 e. The van der Waals surface area contributed by atoms with E-state index in [9.17, 15) is 0 Å². The molecule has 0 N–H and O–H groups in total. The summed E-state index contributed by atoms with van der Waals surface area (Å²) in [6.45, 7) is 13.4. The molecule has 394 valence electrons. The molecule has 0 unspecified atom stereocenters. The zero-order valence-electron chi connectivity index (χ0n) is 47.4. The number of hydrogen-bond acceptors (Lipinski definition) is 2. The second-order valence-electron chi connectivity index (χ2n) is 22.3. The molecule has 0 aromatic heterocycles. The molecule has 0 atom stereocenters. The van der Waals surface area contributed by atoms with Crippen LogP contribution in [0.4, 0.5) is 34.1 Å². The highest BCUT2D eigenvalue weighted by molar-refractivity contribution is 6.09. The van der Waals surface area contributed by atoms with Gasteiger partial charge in [0, 0.05) is 34.1 Å². The Kier molecular flexibility index (Phi) is 17.7. The van der Waals surface area contributed by atoms with E-state index in [1.54, 1.807) is 0 Å². The normalized spacial score (nSPS) is 11.4. The van der Waals surface area contributed by atoms with Crippen molar-refractivity contribution in [2.75, 3.05) is 9.80 Å². The first-order valence-corrected chi connectivity index (χ1v) is 29.4. The maximum absolute atomic E-state index is 2.44. The average molecular weight is 1020 g/mol. The molecule has 0 amide bonds. The molecule has 0 heterocycles. The van der Waals surface area contributed by atoms with Gasteiger partial charge in [0.2, 0.25) is 0 Å². The highest BCUT2D eigenvalue weighted by atomic mass is 15.1. The SMILES string of the molecule is CCCCCCCCc1cccc(N(c2ccc(-c3cc(-c4c(C)ccc5cc(-c6ccc(N(c7cccc(C)c7)c7cccc(CCCCCCCC)c7)cc6)ccc45)c4cc(C)ccc4c3)cc2)c2cccc(C)c2)c1. The van der Waals surface area contributed by atoms with Crippen LogP contribution in [0.25, 0.3) is 54.9 Å². The Morgan fingerprint density at radius 1 is 0.295 bits per heavy atom. The summed E-state index contributed by atoms with van der Waals surface area (Å²) in [4.78, 5) is 4.85. The summed E-state index contributed by atoms with van der Waals surface area (Å²) in [5, 5.41) is 5.04. The maximum atomic E-state index is 2.44. The van der Waals surface area contributed by atoms with Gasteiger partial charge < -0.3 is 9.80 Å². The third kappa shape index (κ3) is 12.8. The molecular weight excluding hydrogens is 941 g/mol. The van der Waals surface area contributed by atoms with Crippen molar-refractivity contribution in [3.63, 3.8) is 0 Å². The van der Waals surface area contributed by atoms with Crippen molar-refractivity contribution in [3.8, 4) is 33.4 Å². The van der Waals surface area contributed by atoms with Crippen molar-refractivity contribution in [2.45, 2.75) is 131 Å². The fraction of sp³-hybridized carbons (Fsp3) is 0.263. The predicted octanol–water partition coefficient (Wildman–Crippen LogP) is 23.0. The van der Waals surface area contributed by atoms with Gasteiger partial charge in [-0.2, -0.15) is 0 Å². The number of aryl methyl sites for hydroxylation is 6. The van der Waals surface area contributed by atoms with Crippen molar-refractivity contribution in [2.24, 2.45) is 0 Å². The minimum absolute atomic E-state index is 1.11. The van der Waals surface area contributed by atoms with Crippen LogP contribution in [-0.4, -0.2) is 0 Å². The Labute approximate surface area is 467 Å². The van der Waals surface area contributed by atoms with Gasteiger partial charge in [-0.05, 0) is 227 Å². The molecule has 0 saturated heterocycles. The summed E-state index contributed by atoms with van der Waals surface area (Å²) in [6, 6.07) is 78.1. The molecule has 0 spiro atoms. The van der Waals surface area contributed by atoms with Gasteiger partial charge in [0.1, 0.15) is 0 Å². The van der Waals surface area contributed by atoms with E-state index in [0.717, 1.165) is 24.2 Å². The minimum atomic E-state index is 1.11. The van der Waals surface area contributed by atoms with Crippen molar-refractivity contribution < 1.29 is 0 Å². The summed E-state index contributed by atoms with van der Waals surface area (Å²) in [6.07, 6.45) is 17.9. The Morgan fingerprint density at radius 3 is 1.27 bits per heavy atom. The molecule has 10 aromatic rings. The lowest BCUT2D eigenvalue weighted by Gasteiger charge is -2.26. The summed E-state index contributed by atoms with van der Waals surface area (Å²) in [5.74, 6) is 0. The van der Waals surface area contributed by atoms with Crippen LogP contribution in [0, 0.1) is 27.7 Å². The van der Waals surface area contributed by atoms with Gasteiger partial charge in [-0.25, -0.2) is 0 Å². The standard InChI is InChI=1S/C76H80N2/c1-7-9-11-13-15-17-25-59-27-21-31-71(50-59)77(69-29-19-23-55(3)47-69)67-42-37-61(38-43-67)63-41-46-73-64(52-63)36-34-58(6)76(73)75-54-66(53-65-35-33-57(5)49-74(65)75)62-39-44-68(45-40-62)78(70-30-20-24-56(4)48-70)72-32-22-28-60(51-72)26-18-16-14-12-10-8-2/h19-24,27-54H,7-18,25-26H2,1-6H3. The van der Waals surface area contributed by atoms with Gasteiger partial charge in [0.05, 0.1) is 0 Å². The van der Waals surface area contributed by atoms with Crippen LogP contribution in [0.5, 0.6) is 0 Å². The van der Waals surface area contributed by atoms with Crippen molar-refractivity contribution in [1.29, 1.82) is 0 Å². The molecule has 0 bridgehead atoms. The second kappa shape index (κ2) is 25.6. The van der Waals surface area contributed by atoms with E-state index < -0.39 is 0 Å². The summed E-state index contributed by atoms with van der Waals surface area (Å²) < 4.78 is 0. The smallest absolute Gasteiger partial charge is 0.0464 e. The number of rotatable bonds is 23. The van der Waals surface area contributed by atoms with E-state index in [-0.39, 0.29) is 0 Å². The van der Waals surface area contributed by atoms with Gasteiger partial charge in [0.25, 0.3) is 0 Å². The molecule has 2 heteroatoms. The van der Waals surface area contributed by atoms with Crippen LogP contribution in [-0.2, 0) is 12.8 Å². The van der Waals surface area contributed by atoms with E-state index in [0.29, 0.717) is 0 Å². The molecule has 78 heavy (non-hydrogen) atoms. The zero-order chi connectivity index (χ0) is 53.8. The van der Waals surface area contributed by atoms with Gasteiger partial charge in [0.15, 0.2) is 0 Å². The largest absolute Gasteiger partial charge is 0.310 e. The van der Waals surface area contributed by atoms with E-state index >= 15 is 0 Å². The molecule has 10 aromatic carbocycles. The first-order chi connectivity index (χ1) is 38.2. The van der Waals surface area contributed by atoms with Gasteiger partial charge >= 0.3 is 0 Å². The molecule has 0 fully saturated rings. The number of benzene rings is 10. The Hall–Kier alpha value is -7.68. The molecule has 10 rings (SSSR count). The topological polar surface area (TPSA) is 6.48 Å². The molecule has 0 aliphatic carbocycles. The Balaban J connectivity index is 0.953. The first-order valence-electron chi connectivity index (χ1n) is 29.4. The van der Waals surface area contributed by atoms with Crippen LogP contribution >= 0.6 is 0 Å². The van der Waals surface area contributed by atoms with Gasteiger partial charge in [-0.3, -0.25) is 0 Å². The Bertz CT molecular complexity index is 3600. The first kappa shape index (κ1) is 53.7. The van der Waals surface area contributed by atoms with Crippen molar-refractivity contribution in [3.05, 3.63) is 240 Å². The summed E-state index contributed by atoms with van der Waals surface area (Å²) in [7, 11) is 0. The number of hydrogen-bond donors (Lipinski definition) is 0. The second-order valence-corrected chi connectivity index (χ2v) is 22.3. The maximum Gasteiger partial charge on any atom is 0.0464 e. The lowest BCUT2D eigenvalue weighted by Crippen LogP contribution is -2.10. The van der Waals surface area contributed by atoms with Crippen LogP contribution in [0.15, 0.2) is 206 Å².